The van der Waals surface area contributed by atoms with Gasteiger partial charge >= 0.3 is 0 Å². The largest absolute Gasteiger partial charge is 0.338 e. The van der Waals surface area contributed by atoms with Crippen molar-refractivity contribution in [1.29, 1.82) is 0 Å². The van der Waals surface area contributed by atoms with Gasteiger partial charge in [0.2, 0.25) is 5.89 Å². The zero-order chi connectivity index (χ0) is 11.4. The van der Waals surface area contributed by atoms with E-state index < -0.39 is 0 Å². The van der Waals surface area contributed by atoms with E-state index in [-0.39, 0.29) is 6.04 Å². The van der Waals surface area contributed by atoms with Crippen LogP contribution in [0, 0.1) is 5.92 Å². The quantitative estimate of drug-likeness (QED) is 0.874. The first kappa shape index (κ1) is 11.9. The summed E-state index contributed by atoms with van der Waals surface area (Å²) in [6, 6.07) is 0.249. The van der Waals surface area contributed by atoms with Crippen molar-refractivity contribution in [3.05, 3.63) is 11.7 Å². The van der Waals surface area contributed by atoms with Gasteiger partial charge < -0.3 is 9.84 Å². The van der Waals surface area contributed by atoms with Gasteiger partial charge in [-0.15, -0.1) is 0 Å². The Morgan fingerprint density at radius 2 is 2.44 bits per heavy atom. The van der Waals surface area contributed by atoms with Crippen LogP contribution >= 0.6 is 11.8 Å². The molecular weight excluding hydrogens is 222 g/mol. The molecule has 2 rings (SSSR count). The molecule has 90 valence electrons. The third-order valence-electron chi connectivity index (χ3n) is 2.65. The molecule has 0 radical (unpaired) electrons. The number of aryl methyl sites for hydroxylation is 1. The summed E-state index contributed by atoms with van der Waals surface area (Å²) in [7, 11) is 0. The fourth-order valence-corrected chi connectivity index (χ4v) is 2.58. The van der Waals surface area contributed by atoms with Crippen molar-refractivity contribution in [3.8, 4) is 0 Å². The van der Waals surface area contributed by atoms with Gasteiger partial charge in [-0.05, 0) is 12.3 Å². The second-order valence-corrected chi connectivity index (χ2v) is 5.71. The third-order valence-corrected chi connectivity index (χ3v) is 3.71. The number of hydrogen-bond donors (Lipinski definition) is 1. The minimum Gasteiger partial charge on any atom is -0.338 e. The van der Waals surface area contributed by atoms with Crippen molar-refractivity contribution in [2.24, 2.45) is 5.92 Å². The van der Waals surface area contributed by atoms with E-state index in [2.05, 4.69) is 29.3 Å². The third kappa shape index (κ3) is 3.22. The molecule has 1 unspecified atom stereocenters. The van der Waals surface area contributed by atoms with Crippen LogP contribution in [0.25, 0.3) is 0 Å². The van der Waals surface area contributed by atoms with Crippen molar-refractivity contribution in [2.75, 3.05) is 18.1 Å². The van der Waals surface area contributed by atoms with Gasteiger partial charge in [-0.2, -0.15) is 16.7 Å². The highest BCUT2D eigenvalue weighted by molar-refractivity contribution is 7.99. The van der Waals surface area contributed by atoms with Crippen LogP contribution in [0.2, 0.25) is 0 Å². The molecule has 1 aromatic heterocycles. The van der Waals surface area contributed by atoms with Crippen LogP contribution in [-0.4, -0.2) is 28.2 Å². The molecule has 1 fully saturated rings. The lowest BCUT2D eigenvalue weighted by Gasteiger charge is -2.19. The van der Waals surface area contributed by atoms with E-state index in [1.807, 2.05) is 11.8 Å². The van der Waals surface area contributed by atoms with Gasteiger partial charge in [0.05, 0.1) is 6.04 Å². The summed E-state index contributed by atoms with van der Waals surface area (Å²) in [6.07, 6.45) is 2.03. The molecule has 4 nitrogen and oxygen atoms in total. The lowest BCUT2D eigenvalue weighted by atomic mass is 10.1. The highest BCUT2D eigenvalue weighted by Crippen LogP contribution is 2.20. The normalized spacial score (nSPS) is 21.6. The van der Waals surface area contributed by atoms with Crippen LogP contribution in [0.15, 0.2) is 4.52 Å². The van der Waals surface area contributed by atoms with Crippen LogP contribution in [0.3, 0.4) is 0 Å². The number of aromatic nitrogens is 2. The Morgan fingerprint density at radius 1 is 1.56 bits per heavy atom. The minimum atomic E-state index is 0.249. The second kappa shape index (κ2) is 5.68. The molecular formula is C11H19N3OS. The molecule has 0 saturated carbocycles. The van der Waals surface area contributed by atoms with Crippen molar-refractivity contribution in [1.82, 2.24) is 15.5 Å². The van der Waals surface area contributed by atoms with Crippen LogP contribution in [0.4, 0.5) is 0 Å². The van der Waals surface area contributed by atoms with Crippen LogP contribution in [-0.2, 0) is 6.42 Å². The van der Waals surface area contributed by atoms with Crippen LogP contribution in [0.1, 0.15) is 38.0 Å². The van der Waals surface area contributed by atoms with Crippen molar-refractivity contribution in [3.63, 3.8) is 0 Å². The maximum absolute atomic E-state index is 5.30. The van der Waals surface area contributed by atoms with E-state index in [1.165, 1.54) is 5.75 Å². The fraction of sp³-hybridized carbons (Fsp3) is 0.818. The summed E-state index contributed by atoms with van der Waals surface area (Å²) in [5.41, 5.74) is 0. The zero-order valence-electron chi connectivity index (χ0n) is 9.90. The molecule has 5 heteroatoms. The summed E-state index contributed by atoms with van der Waals surface area (Å²) < 4.78 is 5.30. The first-order valence-electron chi connectivity index (χ1n) is 5.89. The van der Waals surface area contributed by atoms with Crippen LogP contribution < -0.4 is 5.32 Å². The van der Waals surface area contributed by atoms with E-state index in [4.69, 9.17) is 4.52 Å². The minimum absolute atomic E-state index is 0.249. The van der Waals surface area contributed by atoms with Gasteiger partial charge in [-0.1, -0.05) is 19.0 Å². The number of thioether (sulfide) groups is 1. The predicted octanol–water partition coefficient (Wildman–Crippen LogP) is 2.04. The zero-order valence-corrected chi connectivity index (χ0v) is 10.7. The first-order valence-corrected chi connectivity index (χ1v) is 7.05. The molecule has 0 aliphatic carbocycles. The van der Waals surface area contributed by atoms with Gasteiger partial charge in [0.15, 0.2) is 5.82 Å². The summed E-state index contributed by atoms with van der Waals surface area (Å²) in [5, 5.41) is 7.42. The van der Waals surface area contributed by atoms with Crippen molar-refractivity contribution >= 4 is 11.8 Å². The van der Waals surface area contributed by atoms with E-state index in [1.54, 1.807) is 0 Å². The first-order chi connectivity index (χ1) is 7.75. The molecule has 0 spiro atoms. The summed E-state index contributed by atoms with van der Waals surface area (Å²) in [5.74, 6) is 4.49. The monoisotopic (exact) mass is 241 g/mol. The highest BCUT2D eigenvalue weighted by atomic mass is 32.2. The number of nitrogens with zero attached hydrogens (tertiary/aromatic N) is 2. The lowest BCUT2D eigenvalue weighted by Crippen LogP contribution is -2.30. The standard InChI is InChI=1S/C11H19N3OS/c1-8(2)3-4-10-13-11(15-14-10)9-7-16-6-5-12-9/h8-9,12H,3-7H2,1-2H3. The molecule has 2 heterocycles. The summed E-state index contributed by atoms with van der Waals surface area (Å²) in [4.78, 5) is 4.45. The Bertz CT molecular complexity index is 321. The Labute approximate surface area is 101 Å². The Hall–Kier alpha value is -0.550. The van der Waals surface area contributed by atoms with E-state index >= 15 is 0 Å². The Kier molecular flexibility index (Phi) is 4.23. The Balaban J connectivity index is 1.90. The van der Waals surface area contributed by atoms with E-state index in [9.17, 15) is 0 Å². The molecule has 1 aromatic rings. The highest BCUT2D eigenvalue weighted by Gasteiger charge is 2.21. The summed E-state index contributed by atoms with van der Waals surface area (Å²) in [6.45, 7) is 5.44. The van der Waals surface area contributed by atoms with Gasteiger partial charge in [0.25, 0.3) is 0 Å². The SMILES string of the molecule is CC(C)CCc1noc(C2CSCCN2)n1. The molecule has 0 aromatic carbocycles. The van der Waals surface area contributed by atoms with Gasteiger partial charge in [-0.3, -0.25) is 0 Å². The van der Waals surface area contributed by atoms with Gasteiger partial charge in [0, 0.05) is 24.5 Å². The van der Waals surface area contributed by atoms with Gasteiger partial charge in [0.1, 0.15) is 0 Å². The van der Waals surface area contributed by atoms with E-state index in [0.29, 0.717) is 5.92 Å². The van der Waals surface area contributed by atoms with E-state index in [0.717, 1.165) is 36.9 Å². The number of nitrogens with one attached hydrogen (secondary N) is 1. The fourth-order valence-electron chi connectivity index (χ4n) is 1.65. The number of hydrogen-bond acceptors (Lipinski definition) is 5. The van der Waals surface area contributed by atoms with Gasteiger partial charge in [-0.25, -0.2) is 0 Å². The molecule has 1 aliphatic heterocycles. The maximum Gasteiger partial charge on any atom is 0.244 e. The molecule has 1 N–H and O–H groups in total. The molecule has 1 aliphatic rings. The average molecular weight is 241 g/mol. The topological polar surface area (TPSA) is 51.0 Å². The molecule has 0 amide bonds. The molecule has 1 saturated heterocycles. The molecule has 1 atom stereocenters. The molecule has 16 heavy (non-hydrogen) atoms. The van der Waals surface area contributed by atoms with Crippen LogP contribution in [0.5, 0.6) is 0 Å². The Morgan fingerprint density at radius 3 is 3.12 bits per heavy atom. The smallest absolute Gasteiger partial charge is 0.244 e. The maximum atomic E-state index is 5.30. The molecule has 0 bridgehead atoms. The predicted molar refractivity (Wildman–Crippen MR) is 65.5 cm³/mol. The summed E-state index contributed by atoms with van der Waals surface area (Å²) >= 11 is 1.94. The lowest BCUT2D eigenvalue weighted by molar-refractivity contribution is 0.338. The van der Waals surface area contributed by atoms with Crippen molar-refractivity contribution in [2.45, 2.75) is 32.7 Å². The average Bonchev–Trinajstić information content (AvgIpc) is 2.76. The second-order valence-electron chi connectivity index (χ2n) is 4.56. The van der Waals surface area contributed by atoms with Crippen molar-refractivity contribution < 1.29 is 4.52 Å². The number of rotatable bonds is 4.